The number of sulfonamides is 1. The van der Waals surface area contributed by atoms with Gasteiger partial charge in [-0.2, -0.15) is 30.6 Å². The Kier molecular flexibility index (Phi) is 7.93. The van der Waals surface area contributed by atoms with Gasteiger partial charge in [-0.05, 0) is 36.8 Å². The molecule has 0 bridgehead atoms. The Balaban J connectivity index is 1.87. The maximum atomic E-state index is 14.2. The van der Waals surface area contributed by atoms with Crippen molar-refractivity contribution in [2.24, 2.45) is 5.41 Å². The van der Waals surface area contributed by atoms with Crippen LogP contribution in [0, 0.1) is 11.2 Å². The summed E-state index contributed by atoms with van der Waals surface area (Å²) >= 11 is 0. The molecule has 0 amide bonds. The van der Waals surface area contributed by atoms with Gasteiger partial charge in [0.05, 0.1) is 11.3 Å². The van der Waals surface area contributed by atoms with Gasteiger partial charge in [0.15, 0.2) is 0 Å². The van der Waals surface area contributed by atoms with Gasteiger partial charge in [0, 0.05) is 50.7 Å². The number of nitrogens with zero attached hydrogens (tertiary/aromatic N) is 2. The van der Waals surface area contributed by atoms with Gasteiger partial charge in [0.25, 0.3) is 5.92 Å². The van der Waals surface area contributed by atoms with Crippen LogP contribution in [-0.2, 0) is 21.0 Å². The maximum Gasteiger partial charge on any atom is 0.420 e. The van der Waals surface area contributed by atoms with Crippen LogP contribution >= 0.6 is 0 Å². The highest BCUT2D eigenvalue weighted by Gasteiger charge is 2.62. The third-order valence-corrected chi connectivity index (χ3v) is 9.21. The molecular formula is C25H23F9N2O5S. The van der Waals surface area contributed by atoms with Crippen molar-refractivity contribution < 1.29 is 62.6 Å². The number of likely N-dealkylation sites (N-methyl/N-ethyl adjacent to an activating group) is 1. The van der Waals surface area contributed by atoms with Crippen LogP contribution in [0.1, 0.15) is 31.2 Å². The molecule has 0 saturated heterocycles. The van der Waals surface area contributed by atoms with Gasteiger partial charge in [0.2, 0.25) is 10.0 Å². The number of hydrogen-bond acceptors (Lipinski definition) is 5. The Hall–Kier alpha value is -3.21. The SMILES string of the molecule is CN1[C@H](CCC(F)(F)F)CN(c2ccc(F)cc2)c2cc(C(F)(F)F)c(OCC3(C(=O)O)CC(F)(F)C3)cc2S1(=O)=O. The zero-order valence-corrected chi connectivity index (χ0v) is 22.4. The highest BCUT2D eigenvalue weighted by molar-refractivity contribution is 7.89. The number of anilines is 2. The second kappa shape index (κ2) is 10.5. The molecule has 1 heterocycles. The summed E-state index contributed by atoms with van der Waals surface area (Å²) in [5.41, 5.74) is -4.49. The minimum atomic E-state index is -5.24. The molecule has 1 N–H and O–H groups in total. The lowest BCUT2D eigenvalue weighted by Gasteiger charge is -2.43. The minimum Gasteiger partial charge on any atom is -0.492 e. The van der Waals surface area contributed by atoms with Crippen molar-refractivity contribution in [1.29, 1.82) is 0 Å². The van der Waals surface area contributed by atoms with Gasteiger partial charge >= 0.3 is 18.3 Å². The first kappa shape index (κ1) is 31.7. The fraction of sp³-hybridized carbons (Fsp3) is 0.480. The monoisotopic (exact) mass is 634 g/mol. The highest BCUT2D eigenvalue weighted by Crippen LogP contribution is 2.53. The van der Waals surface area contributed by atoms with E-state index in [4.69, 9.17) is 4.74 Å². The lowest BCUT2D eigenvalue weighted by atomic mass is 9.66. The number of rotatable bonds is 7. The molecule has 1 saturated carbocycles. The van der Waals surface area contributed by atoms with Crippen LogP contribution in [0.3, 0.4) is 0 Å². The zero-order valence-electron chi connectivity index (χ0n) is 21.6. The first-order chi connectivity index (χ1) is 19.2. The van der Waals surface area contributed by atoms with E-state index in [0.29, 0.717) is 16.4 Å². The van der Waals surface area contributed by atoms with Crippen molar-refractivity contribution in [1.82, 2.24) is 4.31 Å². The van der Waals surface area contributed by atoms with Gasteiger partial charge in [-0.15, -0.1) is 0 Å². The second-order valence-corrected chi connectivity index (χ2v) is 12.3. The zero-order chi connectivity index (χ0) is 31.5. The van der Waals surface area contributed by atoms with E-state index in [1.165, 1.54) is 0 Å². The third kappa shape index (κ3) is 6.26. The van der Waals surface area contributed by atoms with Crippen LogP contribution in [-0.4, -0.2) is 62.1 Å². The number of carboxylic acids is 1. The summed E-state index contributed by atoms with van der Waals surface area (Å²) in [5, 5.41) is 9.44. The smallest absolute Gasteiger partial charge is 0.420 e. The van der Waals surface area contributed by atoms with E-state index in [0.717, 1.165) is 36.2 Å². The summed E-state index contributed by atoms with van der Waals surface area (Å²) in [4.78, 5) is 11.8. The van der Waals surface area contributed by atoms with E-state index in [2.05, 4.69) is 0 Å². The first-order valence-corrected chi connectivity index (χ1v) is 13.7. The second-order valence-electron chi connectivity index (χ2n) is 10.3. The Labute approximate surface area is 233 Å². The molecule has 17 heteroatoms. The average Bonchev–Trinajstić information content (AvgIpc) is 2.92. The van der Waals surface area contributed by atoms with Crippen molar-refractivity contribution in [3.63, 3.8) is 0 Å². The Morgan fingerprint density at radius 2 is 1.67 bits per heavy atom. The van der Waals surface area contributed by atoms with E-state index < -0.39 is 112 Å². The van der Waals surface area contributed by atoms with Crippen LogP contribution in [0.25, 0.3) is 0 Å². The van der Waals surface area contributed by atoms with Crippen LogP contribution in [0.5, 0.6) is 5.75 Å². The molecule has 2 aliphatic rings. The normalized spacial score (nSPS) is 21.7. The Bertz CT molecular complexity index is 1450. The minimum absolute atomic E-state index is 0.0384. The standard InChI is InChI=1S/C25H23F9N2O5S/c1-35-16(6-7-24(29,30)31)10-36(15-4-2-14(26)3-5-15)18-8-17(25(32,33)34)19(9-20(18)42(35,39)40)41-13-22(21(37)38)11-23(27,28)12-22/h2-5,8-9,16H,6-7,10-13H2,1H3,(H,37,38)/t16-/m1/s1. The topological polar surface area (TPSA) is 87.2 Å². The molecule has 4 rings (SSSR count). The van der Waals surface area contributed by atoms with E-state index >= 15 is 0 Å². The number of alkyl halides is 8. The van der Waals surface area contributed by atoms with Crippen molar-refractivity contribution >= 4 is 27.4 Å². The van der Waals surface area contributed by atoms with E-state index in [9.17, 15) is 57.8 Å². The van der Waals surface area contributed by atoms with Crippen LogP contribution in [0.4, 0.5) is 50.9 Å². The predicted octanol–water partition coefficient (Wildman–Crippen LogP) is 6.21. The number of halogens is 9. The predicted molar refractivity (Wildman–Crippen MR) is 129 cm³/mol. The van der Waals surface area contributed by atoms with Crippen LogP contribution < -0.4 is 9.64 Å². The molecule has 0 spiro atoms. The molecule has 0 aromatic heterocycles. The molecule has 232 valence electrons. The van der Waals surface area contributed by atoms with Crippen molar-refractivity contribution in [2.45, 2.75) is 54.9 Å². The summed E-state index contributed by atoms with van der Waals surface area (Å²) in [7, 11) is -3.87. The molecule has 2 aromatic carbocycles. The number of ether oxygens (including phenoxy) is 1. The van der Waals surface area contributed by atoms with Crippen molar-refractivity contribution in [2.75, 3.05) is 25.1 Å². The van der Waals surface area contributed by atoms with Crippen molar-refractivity contribution in [3.8, 4) is 5.75 Å². The first-order valence-electron chi connectivity index (χ1n) is 12.2. The number of carboxylic acid groups (broad SMARTS) is 1. The van der Waals surface area contributed by atoms with Gasteiger partial charge in [-0.3, -0.25) is 4.79 Å². The molecule has 1 atom stereocenters. The maximum absolute atomic E-state index is 14.2. The molecule has 7 nitrogen and oxygen atoms in total. The average molecular weight is 635 g/mol. The largest absolute Gasteiger partial charge is 0.492 e. The van der Waals surface area contributed by atoms with Gasteiger partial charge in [-0.25, -0.2) is 21.6 Å². The van der Waals surface area contributed by atoms with E-state index in [-0.39, 0.29) is 5.69 Å². The van der Waals surface area contributed by atoms with Gasteiger partial charge < -0.3 is 14.7 Å². The fourth-order valence-electron chi connectivity index (χ4n) is 5.02. The number of fused-ring (bicyclic) bond motifs is 1. The summed E-state index contributed by atoms with van der Waals surface area (Å²) in [6.07, 6.45) is -14.6. The van der Waals surface area contributed by atoms with Crippen molar-refractivity contribution in [3.05, 3.63) is 47.8 Å². The third-order valence-electron chi connectivity index (χ3n) is 7.27. The molecule has 1 aliphatic carbocycles. The number of carbonyl (C=O) groups is 1. The number of aliphatic carboxylic acids is 1. The molecule has 1 fully saturated rings. The molecule has 42 heavy (non-hydrogen) atoms. The lowest BCUT2D eigenvalue weighted by Crippen LogP contribution is -2.54. The van der Waals surface area contributed by atoms with Gasteiger partial charge in [0.1, 0.15) is 28.5 Å². The van der Waals surface area contributed by atoms with E-state index in [1.807, 2.05) is 0 Å². The quantitative estimate of drug-likeness (QED) is 0.365. The summed E-state index contributed by atoms with van der Waals surface area (Å²) in [6, 6.07) is 3.44. The van der Waals surface area contributed by atoms with E-state index in [1.54, 1.807) is 0 Å². The molecule has 0 radical (unpaired) electrons. The number of hydrogen-bond donors (Lipinski definition) is 1. The highest BCUT2D eigenvalue weighted by atomic mass is 32.2. The lowest BCUT2D eigenvalue weighted by molar-refractivity contribution is -0.200. The Morgan fingerprint density at radius 3 is 2.17 bits per heavy atom. The number of benzene rings is 2. The molecule has 0 unspecified atom stereocenters. The fourth-order valence-corrected chi connectivity index (χ4v) is 6.59. The van der Waals surface area contributed by atoms with Gasteiger partial charge in [-0.1, -0.05) is 0 Å². The molecule has 1 aliphatic heterocycles. The van der Waals surface area contributed by atoms with Crippen LogP contribution in [0.2, 0.25) is 0 Å². The molecule has 2 aromatic rings. The summed E-state index contributed by atoms with van der Waals surface area (Å²) in [6.45, 7) is -1.70. The summed E-state index contributed by atoms with van der Waals surface area (Å²) < 4.78 is 155. The molecular weight excluding hydrogens is 611 g/mol. The Morgan fingerprint density at radius 1 is 1.07 bits per heavy atom. The summed E-state index contributed by atoms with van der Waals surface area (Å²) in [5.74, 6) is -7.07. The van der Waals surface area contributed by atoms with Crippen LogP contribution in [0.15, 0.2) is 41.3 Å².